The zero-order valence-electron chi connectivity index (χ0n) is 17.5. The molecule has 1 aliphatic carbocycles. The van der Waals surface area contributed by atoms with Crippen LogP contribution in [0.4, 0.5) is 0 Å². The van der Waals surface area contributed by atoms with Crippen LogP contribution in [0.15, 0.2) is 65.3 Å². The molecule has 1 aliphatic rings. The number of fused-ring (bicyclic) bond motifs is 1. The fraction of sp³-hybridized carbons (Fsp3) is 0.222. The van der Waals surface area contributed by atoms with Gasteiger partial charge in [-0.2, -0.15) is 0 Å². The normalized spacial score (nSPS) is 14.3. The van der Waals surface area contributed by atoms with Crippen molar-refractivity contribution >= 4 is 11.5 Å². The Morgan fingerprint density at radius 1 is 1.13 bits per heavy atom. The van der Waals surface area contributed by atoms with E-state index in [1.54, 1.807) is 18.4 Å². The molecule has 0 spiro atoms. The van der Waals surface area contributed by atoms with Crippen LogP contribution in [0, 0.1) is 11.8 Å². The summed E-state index contributed by atoms with van der Waals surface area (Å²) in [5.41, 5.74) is 6.13. The molecular formula is C27H24O3. The van der Waals surface area contributed by atoms with Gasteiger partial charge in [0.25, 0.3) is 0 Å². The number of allylic oxidation sites excluding steroid dienone is 1. The summed E-state index contributed by atoms with van der Waals surface area (Å²) in [5.74, 6) is 6.23. The Kier molecular flexibility index (Phi) is 5.10. The molecule has 0 atom stereocenters. The lowest BCUT2D eigenvalue weighted by Crippen LogP contribution is -2.21. The Morgan fingerprint density at radius 3 is 2.67 bits per heavy atom. The summed E-state index contributed by atoms with van der Waals surface area (Å²) < 4.78 is 5.67. The summed E-state index contributed by atoms with van der Waals surface area (Å²) in [6.45, 7) is 6.49. The predicted octanol–water partition coefficient (Wildman–Crippen LogP) is 6.05. The molecule has 2 aromatic carbocycles. The number of furan rings is 1. The summed E-state index contributed by atoms with van der Waals surface area (Å²) in [7, 11) is 0. The molecule has 0 fully saturated rings. The van der Waals surface area contributed by atoms with Gasteiger partial charge >= 0.3 is 5.97 Å². The first kappa shape index (κ1) is 19.8. The minimum atomic E-state index is -0.954. The molecular weight excluding hydrogens is 372 g/mol. The number of benzene rings is 2. The fourth-order valence-corrected chi connectivity index (χ4v) is 4.03. The first-order chi connectivity index (χ1) is 14.4. The lowest BCUT2D eigenvalue weighted by atomic mass is 9.72. The number of hydrogen-bond donors (Lipinski definition) is 1. The zero-order valence-corrected chi connectivity index (χ0v) is 17.5. The second-order valence-corrected chi connectivity index (χ2v) is 8.19. The third-order valence-corrected chi connectivity index (χ3v) is 5.74. The lowest BCUT2D eigenvalue weighted by Gasteiger charge is -2.31. The average molecular weight is 396 g/mol. The molecule has 150 valence electrons. The first-order valence-corrected chi connectivity index (χ1v) is 10.2. The summed E-state index contributed by atoms with van der Waals surface area (Å²) >= 11 is 0. The molecule has 0 radical (unpaired) electrons. The second-order valence-electron chi connectivity index (χ2n) is 8.19. The van der Waals surface area contributed by atoms with E-state index in [1.807, 2.05) is 31.2 Å². The second kappa shape index (κ2) is 7.72. The van der Waals surface area contributed by atoms with Crippen LogP contribution < -0.4 is 0 Å². The molecule has 1 aromatic heterocycles. The van der Waals surface area contributed by atoms with Crippen LogP contribution in [0.25, 0.3) is 5.57 Å². The van der Waals surface area contributed by atoms with Gasteiger partial charge in [-0.1, -0.05) is 56.9 Å². The standard InChI is InChI=1S/C27H24O3/c1-4-19-7-5-8-22(26(28)29)20(19)12-10-18-11-13-24-23(17-18)21(14-15-27(24,2)3)25-9-6-16-30-25/h5-9,11,13-14,16-17H,4,15H2,1-3H3,(H,28,29). The molecule has 0 bridgehead atoms. The van der Waals surface area contributed by atoms with E-state index in [4.69, 9.17) is 4.42 Å². The number of carboxylic acid groups (broad SMARTS) is 1. The van der Waals surface area contributed by atoms with Crippen molar-refractivity contribution in [2.75, 3.05) is 0 Å². The Hall–Kier alpha value is -3.51. The molecule has 3 nitrogen and oxygen atoms in total. The Labute approximate surface area is 177 Å². The van der Waals surface area contributed by atoms with Crippen LogP contribution in [-0.2, 0) is 11.8 Å². The summed E-state index contributed by atoms with van der Waals surface area (Å²) in [6, 6.07) is 15.4. The van der Waals surface area contributed by atoms with Gasteiger partial charge in [-0.05, 0) is 65.3 Å². The highest BCUT2D eigenvalue weighted by Crippen LogP contribution is 2.41. The van der Waals surface area contributed by atoms with E-state index in [1.165, 1.54) is 5.56 Å². The van der Waals surface area contributed by atoms with E-state index in [0.29, 0.717) is 5.56 Å². The molecule has 0 unspecified atom stereocenters. The fourth-order valence-electron chi connectivity index (χ4n) is 4.03. The molecule has 0 saturated carbocycles. The van der Waals surface area contributed by atoms with Crippen molar-refractivity contribution in [1.29, 1.82) is 0 Å². The van der Waals surface area contributed by atoms with Crippen molar-refractivity contribution in [2.24, 2.45) is 0 Å². The van der Waals surface area contributed by atoms with Crippen LogP contribution in [0.3, 0.4) is 0 Å². The smallest absolute Gasteiger partial charge is 0.336 e. The average Bonchev–Trinajstić information content (AvgIpc) is 3.26. The van der Waals surface area contributed by atoms with Gasteiger partial charge in [-0.25, -0.2) is 4.79 Å². The quantitative estimate of drug-likeness (QED) is 0.548. The largest absolute Gasteiger partial charge is 0.478 e. The van der Waals surface area contributed by atoms with Crippen molar-refractivity contribution in [1.82, 2.24) is 0 Å². The van der Waals surface area contributed by atoms with E-state index >= 15 is 0 Å². The summed E-state index contributed by atoms with van der Waals surface area (Å²) in [4.78, 5) is 11.7. The van der Waals surface area contributed by atoms with Gasteiger partial charge in [-0.15, -0.1) is 0 Å². The maximum atomic E-state index is 11.7. The van der Waals surface area contributed by atoms with Crippen LogP contribution in [0.2, 0.25) is 0 Å². The molecule has 0 saturated heterocycles. The van der Waals surface area contributed by atoms with Gasteiger partial charge in [0.1, 0.15) is 5.76 Å². The minimum absolute atomic E-state index is 0.0304. The molecule has 3 heteroatoms. The summed E-state index contributed by atoms with van der Waals surface area (Å²) in [6.07, 6.45) is 5.59. The van der Waals surface area contributed by atoms with Crippen LogP contribution in [0.5, 0.6) is 0 Å². The lowest BCUT2D eigenvalue weighted by molar-refractivity contribution is 0.0696. The Bertz CT molecular complexity index is 1200. The van der Waals surface area contributed by atoms with Crippen molar-refractivity contribution in [2.45, 2.75) is 39.0 Å². The number of aromatic carboxylic acids is 1. The van der Waals surface area contributed by atoms with Gasteiger partial charge in [0.2, 0.25) is 0 Å². The number of hydrogen-bond acceptors (Lipinski definition) is 2. The van der Waals surface area contributed by atoms with E-state index in [-0.39, 0.29) is 11.0 Å². The van der Waals surface area contributed by atoms with E-state index in [9.17, 15) is 9.90 Å². The van der Waals surface area contributed by atoms with Gasteiger partial charge in [0.15, 0.2) is 0 Å². The molecule has 1 heterocycles. The predicted molar refractivity (Wildman–Crippen MR) is 119 cm³/mol. The number of carboxylic acids is 1. The number of aryl methyl sites for hydroxylation is 1. The molecule has 4 rings (SSSR count). The zero-order chi connectivity index (χ0) is 21.3. The van der Waals surface area contributed by atoms with Gasteiger partial charge in [-0.3, -0.25) is 0 Å². The number of rotatable bonds is 3. The van der Waals surface area contributed by atoms with Gasteiger partial charge in [0, 0.05) is 16.7 Å². The highest BCUT2D eigenvalue weighted by molar-refractivity contribution is 5.91. The maximum Gasteiger partial charge on any atom is 0.336 e. The highest BCUT2D eigenvalue weighted by Gasteiger charge is 2.29. The minimum Gasteiger partial charge on any atom is -0.478 e. The van der Waals surface area contributed by atoms with Gasteiger partial charge < -0.3 is 9.52 Å². The van der Waals surface area contributed by atoms with Crippen LogP contribution in [0.1, 0.15) is 71.1 Å². The Balaban J connectivity index is 1.82. The van der Waals surface area contributed by atoms with Crippen molar-refractivity contribution in [3.63, 3.8) is 0 Å². The molecule has 3 aromatic rings. The molecule has 1 N–H and O–H groups in total. The maximum absolute atomic E-state index is 11.7. The Morgan fingerprint density at radius 2 is 1.97 bits per heavy atom. The molecule has 0 aliphatic heterocycles. The highest BCUT2D eigenvalue weighted by atomic mass is 16.4. The van der Waals surface area contributed by atoms with Crippen molar-refractivity contribution < 1.29 is 14.3 Å². The number of carbonyl (C=O) groups is 1. The van der Waals surface area contributed by atoms with E-state index in [0.717, 1.165) is 40.9 Å². The van der Waals surface area contributed by atoms with Crippen molar-refractivity contribution in [3.05, 3.63) is 100 Å². The summed E-state index contributed by atoms with van der Waals surface area (Å²) in [5, 5.41) is 9.55. The third kappa shape index (κ3) is 3.57. The topological polar surface area (TPSA) is 50.4 Å². The van der Waals surface area contributed by atoms with E-state index in [2.05, 4.69) is 43.9 Å². The van der Waals surface area contributed by atoms with Gasteiger partial charge in [0.05, 0.1) is 11.8 Å². The van der Waals surface area contributed by atoms with Crippen molar-refractivity contribution in [3.8, 4) is 11.8 Å². The van der Waals surface area contributed by atoms with E-state index < -0.39 is 5.97 Å². The van der Waals surface area contributed by atoms with Crippen LogP contribution in [-0.4, -0.2) is 11.1 Å². The van der Waals surface area contributed by atoms with Crippen LogP contribution >= 0.6 is 0 Å². The third-order valence-electron chi connectivity index (χ3n) is 5.74. The molecule has 0 amide bonds. The SMILES string of the molecule is CCc1cccc(C(=O)O)c1C#Cc1ccc2c(c1)C(c1ccco1)=CCC2(C)C. The first-order valence-electron chi connectivity index (χ1n) is 10.2. The molecule has 30 heavy (non-hydrogen) atoms. The monoisotopic (exact) mass is 396 g/mol.